The van der Waals surface area contributed by atoms with Gasteiger partial charge in [0, 0.05) is 11.1 Å². The molecule has 2 aromatic rings. The number of hydrogen-bond acceptors (Lipinski definition) is 4. The normalized spacial score (nSPS) is 17.4. The van der Waals surface area contributed by atoms with E-state index in [0.717, 1.165) is 28.4 Å². The zero-order valence-electron chi connectivity index (χ0n) is 10.7. The number of aryl methyl sites for hydroxylation is 3. The predicted molar refractivity (Wildman–Crippen MR) is 67.3 cm³/mol. The van der Waals surface area contributed by atoms with Crippen molar-refractivity contribution >= 4 is 16.9 Å². The molecule has 0 saturated heterocycles. The summed E-state index contributed by atoms with van der Waals surface area (Å²) in [6, 6.07) is 0. The van der Waals surface area contributed by atoms with Crippen molar-refractivity contribution in [1.82, 2.24) is 9.97 Å². The lowest BCUT2D eigenvalue weighted by molar-refractivity contribution is 0.562. The highest BCUT2D eigenvalue weighted by Gasteiger charge is 2.38. The molecule has 4 nitrogen and oxygen atoms in total. The highest BCUT2D eigenvalue weighted by Crippen LogP contribution is 2.40. The van der Waals surface area contributed by atoms with Crippen LogP contribution in [0.2, 0.25) is 0 Å². The summed E-state index contributed by atoms with van der Waals surface area (Å²) in [4.78, 5) is 8.87. The topological polar surface area (TPSA) is 51.0 Å². The molecular formula is C13H17N3O. The zero-order chi connectivity index (χ0) is 12.2. The summed E-state index contributed by atoms with van der Waals surface area (Å²) in [7, 11) is 0. The lowest BCUT2D eigenvalue weighted by atomic mass is 10.2. The molecule has 0 bridgehead atoms. The van der Waals surface area contributed by atoms with Gasteiger partial charge in [-0.3, -0.25) is 0 Å². The number of rotatable bonds is 2. The second kappa shape index (κ2) is 3.22. The minimum absolute atomic E-state index is 0.214. The van der Waals surface area contributed by atoms with Crippen LogP contribution in [0.4, 0.5) is 5.82 Å². The third kappa shape index (κ3) is 1.68. The minimum atomic E-state index is 0.214. The van der Waals surface area contributed by atoms with E-state index in [1.807, 2.05) is 13.8 Å². The van der Waals surface area contributed by atoms with Crippen LogP contribution in [0.25, 0.3) is 11.1 Å². The molecule has 2 aromatic heterocycles. The molecule has 1 aliphatic carbocycles. The van der Waals surface area contributed by atoms with Gasteiger partial charge in [-0.1, -0.05) is 0 Å². The van der Waals surface area contributed by atoms with Gasteiger partial charge in [0.1, 0.15) is 17.4 Å². The fraction of sp³-hybridized carbons (Fsp3) is 0.538. The molecule has 3 rings (SSSR count). The van der Waals surface area contributed by atoms with E-state index in [1.54, 1.807) is 0 Å². The van der Waals surface area contributed by atoms with Crippen LogP contribution in [0.15, 0.2) is 4.42 Å². The van der Waals surface area contributed by atoms with E-state index in [4.69, 9.17) is 4.42 Å². The Morgan fingerprint density at radius 2 is 1.88 bits per heavy atom. The lowest BCUT2D eigenvalue weighted by Crippen LogP contribution is -2.17. The molecule has 2 heterocycles. The molecule has 0 aromatic carbocycles. The standard InChI is InChI=1S/C13H17N3O/c1-7-8(2)17-12-10(7)11(14-9(3)15-12)16-13(4)5-6-13/h5-6H2,1-4H3,(H,14,15,16). The average molecular weight is 231 g/mol. The van der Waals surface area contributed by atoms with Gasteiger partial charge in [-0.15, -0.1) is 0 Å². The van der Waals surface area contributed by atoms with Crippen molar-refractivity contribution in [2.45, 2.75) is 46.1 Å². The van der Waals surface area contributed by atoms with Gasteiger partial charge in [0.2, 0.25) is 5.71 Å². The predicted octanol–water partition coefficient (Wildman–Crippen LogP) is 3.11. The van der Waals surface area contributed by atoms with Crippen molar-refractivity contribution in [1.29, 1.82) is 0 Å². The summed E-state index contributed by atoms with van der Waals surface area (Å²) in [5, 5.41) is 4.55. The second-order valence-electron chi connectivity index (χ2n) is 5.27. The van der Waals surface area contributed by atoms with E-state index in [0.29, 0.717) is 5.71 Å². The molecule has 0 atom stereocenters. The Bertz CT molecular complexity index is 596. The Morgan fingerprint density at radius 3 is 2.53 bits per heavy atom. The number of anilines is 1. The molecular weight excluding hydrogens is 214 g/mol. The first-order chi connectivity index (χ1) is 7.98. The Kier molecular flexibility index (Phi) is 2.00. The van der Waals surface area contributed by atoms with Gasteiger partial charge in [-0.05, 0) is 40.5 Å². The summed E-state index contributed by atoms with van der Waals surface area (Å²) >= 11 is 0. The van der Waals surface area contributed by atoms with E-state index in [2.05, 4.69) is 29.1 Å². The van der Waals surface area contributed by atoms with Gasteiger partial charge in [0.15, 0.2) is 0 Å². The number of furan rings is 1. The van der Waals surface area contributed by atoms with Gasteiger partial charge < -0.3 is 9.73 Å². The molecule has 1 fully saturated rings. The number of nitrogens with one attached hydrogen (secondary N) is 1. The Balaban J connectivity index is 2.20. The fourth-order valence-corrected chi connectivity index (χ4v) is 2.05. The van der Waals surface area contributed by atoms with E-state index in [1.165, 1.54) is 12.8 Å². The van der Waals surface area contributed by atoms with E-state index >= 15 is 0 Å². The first-order valence-corrected chi connectivity index (χ1v) is 6.01. The van der Waals surface area contributed by atoms with Crippen LogP contribution < -0.4 is 5.32 Å². The Labute approximate surface area is 100 Å². The minimum Gasteiger partial charge on any atom is -0.443 e. The maximum absolute atomic E-state index is 5.66. The van der Waals surface area contributed by atoms with Crippen LogP contribution in [-0.2, 0) is 0 Å². The molecule has 90 valence electrons. The zero-order valence-corrected chi connectivity index (χ0v) is 10.7. The highest BCUT2D eigenvalue weighted by atomic mass is 16.3. The van der Waals surface area contributed by atoms with Crippen molar-refractivity contribution in [3.8, 4) is 0 Å². The SMILES string of the molecule is Cc1nc(NC2(C)CC2)c2c(C)c(C)oc2n1. The highest BCUT2D eigenvalue weighted by molar-refractivity contribution is 5.90. The first kappa shape index (κ1) is 10.6. The molecule has 0 aliphatic heterocycles. The van der Waals surface area contributed by atoms with Gasteiger partial charge >= 0.3 is 0 Å². The number of fused-ring (bicyclic) bond motifs is 1. The Hall–Kier alpha value is -1.58. The van der Waals surface area contributed by atoms with Crippen molar-refractivity contribution < 1.29 is 4.42 Å². The van der Waals surface area contributed by atoms with E-state index in [-0.39, 0.29) is 5.54 Å². The van der Waals surface area contributed by atoms with Crippen LogP contribution in [0.5, 0.6) is 0 Å². The number of aromatic nitrogens is 2. The Morgan fingerprint density at radius 1 is 1.18 bits per heavy atom. The number of nitrogens with zero attached hydrogens (tertiary/aromatic N) is 2. The summed E-state index contributed by atoms with van der Waals surface area (Å²) < 4.78 is 5.66. The summed E-state index contributed by atoms with van der Waals surface area (Å²) in [5.74, 6) is 2.59. The molecule has 0 spiro atoms. The van der Waals surface area contributed by atoms with Crippen molar-refractivity contribution in [2.24, 2.45) is 0 Å². The maximum Gasteiger partial charge on any atom is 0.231 e. The summed E-state index contributed by atoms with van der Waals surface area (Å²) in [6.07, 6.45) is 2.40. The van der Waals surface area contributed by atoms with Crippen LogP contribution in [-0.4, -0.2) is 15.5 Å². The molecule has 0 radical (unpaired) electrons. The van der Waals surface area contributed by atoms with Gasteiger partial charge in [0.05, 0.1) is 5.39 Å². The molecule has 4 heteroatoms. The van der Waals surface area contributed by atoms with Crippen LogP contribution in [0.3, 0.4) is 0 Å². The summed E-state index contributed by atoms with van der Waals surface area (Å²) in [6.45, 7) is 8.14. The van der Waals surface area contributed by atoms with E-state index in [9.17, 15) is 0 Å². The third-order valence-corrected chi connectivity index (χ3v) is 3.56. The van der Waals surface area contributed by atoms with Gasteiger partial charge in [-0.2, -0.15) is 4.98 Å². The van der Waals surface area contributed by atoms with Gasteiger partial charge in [-0.25, -0.2) is 4.98 Å². The monoisotopic (exact) mass is 231 g/mol. The quantitative estimate of drug-likeness (QED) is 0.862. The smallest absolute Gasteiger partial charge is 0.231 e. The molecule has 1 saturated carbocycles. The van der Waals surface area contributed by atoms with Crippen molar-refractivity contribution in [2.75, 3.05) is 5.32 Å². The van der Waals surface area contributed by atoms with Crippen LogP contribution in [0, 0.1) is 20.8 Å². The largest absolute Gasteiger partial charge is 0.443 e. The average Bonchev–Trinajstić information content (AvgIpc) is 2.87. The maximum atomic E-state index is 5.66. The molecule has 0 unspecified atom stereocenters. The summed E-state index contributed by atoms with van der Waals surface area (Å²) in [5.41, 5.74) is 2.04. The van der Waals surface area contributed by atoms with E-state index < -0.39 is 0 Å². The van der Waals surface area contributed by atoms with Crippen molar-refractivity contribution in [3.05, 3.63) is 17.1 Å². The molecule has 0 amide bonds. The molecule has 1 aliphatic rings. The molecule has 17 heavy (non-hydrogen) atoms. The van der Waals surface area contributed by atoms with Crippen LogP contribution in [0.1, 0.15) is 36.9 Å². The molecule has 1 N–H and O–H groups in total. The van der Waals surface area contributed by atoms with Crippen molar-refractivity contribution in [3.63, 3.8) is 0 Å². The third-order valence-electron chi connectivity index (χ3n) is 3.56. The lowest BCUT2D eigenvalue weighted by Gasteiger charge is -2.13. The second-order valence-corrected chi connectivity index (χ2v) is 5.27. The number of hydrogen-bond donors (Lipinski definition) is 1. The van der Waals surface area contributed by atoms with Gasteiger partial charge in [0.25, 0.3) is 0 Å². The van der Waals surface area contributed by atoms with Crippen LogP contribution >= 0.6 is 0 Å². The first-order valence-electron chi connectivity index (χ1n) is 6.01. The fourth-order valence-electron chi connectivity index (χ4n) is 2.05.